The van der Waals surface area contributed by atoms with Gasteiger partial charge in [-0.15, -0.1) is 11.8 Å². The third kappa shape index (κ3) is 6.22. The van der Waals surface area contributed by atoms with E-state index in [2.05, 4.69) is 10.6 Å². The summed E-state index contributed by atoms with van der Waals surface area (Å²) in [6.07, 6.45) is 4.88. The van der Waals surface area contributed by atoms with Crippen molar-refractivity contribution in [3.8, 4) is 0 Å². The SMILES string of the molecule is CC(NC(=O)CNC(=O)CSC1CCCC1)c1ccc(F)cc1. The number of carbonyl (C=O) groups is 2. The molecular formula is C17H23FN2O2S. The minimum absolute atomic E-state index is 0.0321. The fourth-order valence-corrected chi connectivity index (χ4v) is 3.76. The van der Waals surface area contributed by atoms with Crippen LogP contribution in [0, 0.1) is 5.82 Å². The van der Waals surface area contributed by atoms with Gasteiger partial charge in [0.15, 0.2) is 0 Å². The molecule has 2 N–H and O–H groups in total. The number of rotatable bonds is 7. The molecule has 0 saturated heterocycles. The van der Waals surface area contributed by atoms with Crippen LogP contribution in [0.4, 0.5) is 4.39 Å². The first-order chi connectivity index (χ1) is 11.0. The van der Waals surface area contributed by atoms with Crippen molar-refractivity contribution in [2.45, 2.75) is 43.9 Å². The van der Waals surface area contributed by atoms with Gasteiger partial charge >= 0.3 is 0 Å². The minimum Gasteiger partial charge on any atom is -0.348 e. The average molecular weight is 338 g/mol. The maximum atomic E-state index is 12.9. The molecule has 1 aromatic carbocycles. The van der Waals surface area contributed by atoms with Crippen LogP contribution in [0.25, 0.3) is 0 Å². The molecule has 1 aromatic rings. The minimum atomic E-state index is -0.306. The number of halogens is 1. The Morgan fingerprint density at radius 1 is 1.22 bits per heavy atom. The van der Waals surface area contributed by atoms with Crippen LogP contribution in [0.2, 0.25) is 0 Å². The van der Waals surface area contributed by atoms with Crippen molar-refractivity contribution in [3.63, 3.8) is 0 Å². The van der Waals surface area contributed by atoms with E-state index in [1.165, 1.54) is 37.8 Å². The highest BCUT2D eigenvalue weighted by molar-refractivity contribution is 8.00. The molecule has 4 nitrogen and oxygen atoms in total. The van der Waals surface area contributed by atoms with Crippen LogP contribution in [0.3, 0.4) is 0 Å². The van der Waals surface area contributed by atoms with E-state index >= 15 is 0 Å². The first-order valence-electron chi connectivity index (χ1n) is 7.97. The lowest BCUT2D eigenvalue weighted by atomic mass is 10.1. The van der Waals surface area contributed by atoms with Gasteiger partial charge in [0, 0.05) is 5.25 Å². The molecule has 126 valence electrons. The van der Waals surface area contributed by atoms with Crippen LogP contribution >= 0.6 is 11.8 Å². The van der Waals surface area contributed by atoms with Crippen LogP contribution in [0.15, 0.2) is 24.3 Å². The second-order valence-electron chi connectivity index (χ2n) is 5.83. The van der Waals surface area contributed by atoms with Gasteiger partial charge in [-0.1, -0.05) is 25.0 Å². The summed E-state index contributed by atoms with van der Waals surface area (Å²) in [5, 5.41) is 6.02. The van der Waals surface area contributed by atoms with Crippen molar-refractivity contribution in [1.29, 1.82) is 0 Å². The largest absolute Gasteiger partial charge is 0.348 e. The summed E-state index contributed by atoms with van der Waals surface area (Å²) in [6, 6.07) is 5.77. The molecule has 0 spiro atoms. The van der Waals surface area contributed by atoms with Gasteiger partial charge in [-0.3, -0.25) is 9.59 Å². The highest BCUT2D eigenvalue weighted by atomic mass is 32.2. The molecule has 1 atom stereocenters. The molecule has 0 radical (unpaired) electrons. The van der Waals surface area contributed by atoms with Gasteiger partial charge < -0.3 is 10.6 Å². The first kappa shape index (κ1) is 17.8. The van der Waals surface area contributed by atoms with E-state index in [-0.39, 0.29) is 30.2 Å². The van der Waals surface area contributed by atoms with Crippen molar-refractivity contribution < 1.29 is 14.0 Å². The third-order valence-electron chi connectivity index (χ3n) is 3.95. The Balaban J connectivity index is 1.65. The lowest BCUT2D eigenvalue weighted by Gasteiger charge is -2.15. The van der Waals surface area contributed by atoms with Gasteiger partial charge in [0.2, 0.25) is 11.8 Å². The number of carbonyl (C=O) groups excluding carboxylic acids is 2. The Kier molecular flexibility index (Phi) is 6.89. The van der Waals surface area contributed by atoms with Gasteiger partial charge in [0.1, 0.15) is 5.82 Å². The fraction of sp³-hybridized carbons (Fsp3) is 0.529. The molecule has 0 aliphatic heterocycles. The van der Waals surface area contributed by atoms with E-state index in [0.717, 1.165) is 5.56 Å². The third-order valence-corrected chi connectivity index (χ3v) is 5.32. The van der Waals surface area contributed by atoms with E-state index in [1.807, 2.05) is 6.92 Å². The smallest absolute Gasteiger partial charge is 0.239 e. The summed E-state index contributed by atoms with van der Waals surface area (Å²) in [6.45, 7) is 1.79. The van der Waals surface area contributed by atoms with Crippen LogP contribution in [0.5, 0.6) is 0 Å². The summed E-state index contributed by atoms with van der Waals surface area (Å²) in [7, 11) is 0. The summed E-state index contributed by atoms with van der Waals surface area (Å²) in [4.78, 5) is 23.6. The van der Waals surface area contributed by atoms with Gasteiger partial charge in [-0.25, -0.2) is 4.39 Å². The van der Waals surface area contributed by atoms with Crippen LogP contribution in [0.1, 0.15) is 44.2 Å². The predicted octanol–water partition coefficient (Wildman–Crippen LogP) is 2.79. The molecule has 1 unspecified atom stereocenters. The van der Waals surface area contributed by atoms with Gasteiger partial charge in [0.25, 0.3) is 0 Å². The average Bonchev–Trinajstić information content (AvgIpc) is 3.05. The molecule has 23 heavy (non-hydrogen) atoms. The van der Waals surface area contributed by atoms with Crippen LogP contribution in [-0.4, -0.2) is 29.4 Å². The molecule has 6 heteroatoms. The van der Waals surface area contributed by atoms with Gasteiger partial charge in [-0.05, 0) is 37.5 Å². The zero-order valence-corrected chi connectivity index (χ0v) is 14.1. The van der Waals surface area contributed by atoms with E-state index in [9.17, 15) is 14.0 Å². The molecule has 0 heterocycles. The highest BCUT2D eigenvalue weighted by Gasteiger charge is 2.17. The topological polar surface area (TPSA) is 58.2 Å². The van der Waals surface area contributed by atoms with Crippen molar-refractivity contribution in [2.24, 2.45) is 0 Å². The van der Waals surface area contributed by atoms with Crippen molar-refractivity contribution in [1.82, 2.24) is 10.6 Å². The van der Waals surface area contributed by atoms with E-state index < -0.39 is 0 Å². The number of nitrogens with one attached hydrogen (secondary N) is 2. The first-order valence-corrected chi connectivity index (χ1v) is 9.02. The zero-order valence-electron chi connectivity index (χ0n) is 13.3. The number of hydrogen-bond donors (Lipinski definition) is 2. The van der Waals surface area contributed by atoms with Gasteiger partial charge in [0.05, 0.1) is 18.3 Å². The molecule has 0 bridgehead atoms. The number of thioether (sulfide) groups is 1. The Labute approximate surface area is 140 Å². The molecule has 2 rings (SSSR count). The Morgan fingerprint density at radius 3 is 2.52 bits per heavy atom. The Bertz CT molecular complexity index is 530. The van der Waals surface area contributed by atoms with E-state index in [0.29, 0.717) is 11.0 Å². The molecule has 2 amide bonds. The Morgan fingerprint density at radius 2 is 1.87 bits per heavy atom. The second-order valence-corrected chi connectivity index (χ2v) is 7.12. The molecular weight excluding hydrogens is 315 g/mol. The maximum absolute atomic E-state index is 12.9. The van der Waals surface area contributed by atoms with Crippen LogP contribution < -0.4 is 10.6 Å². The van der Waals surface area contributed by atoms with Crippen molar-refractivity contribution in [3.05, 3.63) is 35.6 Å². The highest BCUT2D eigenvalue weighted by Crippen LogP contribution is 2.28. The summed E-state index contributed by atoms with van der Waals surface area (Å²) in [5.41, 5.74) is 0.822. The predicted molar refractivity (Wildman–Crippen MR) is 90.7 cm³/mol. The second kappa shape index (κ2) is 8.91. The monoisotopic (exact) mass is 338 g/mol. The number of amides is 2. The lowest BCUT2D eigenvalue weighted by Crippen LogP contribution is -2.38. The maximum Gasteiger partial charge on any atom is 0.239 e. The van der Waals surface area contributed by atoms with Crippen molar-refractivity contribution >= 4 is 23.6 Å². The summed E-state index contributed by atoms with van der Waals surface area (Å²) >= 11 is 1.68. The molecule has 1 aliphatic rings. The molecule has 0 aromatic heterocycles. The lowest BCUT2D eigenvalue weighted by molar-refractivity contribution is -0.125. The quantitative estimate of drug-likeness (QED) is 0.804. The van der Waals surface area contributed by atoms with Crippen LogP contribution in [-0.2, 0) is 9.59 Å². The zero-order chi connectivity index (χ0) is 16.7. The normalized spacial score (nSPS) is 16.1. The summed E-state index contributed by atoms with van der Waals surface area (Å²) < 4.78 is 12.9. The fourth-order valence-electron chi connectivity index (χ4n) is 2.61. The standard InChI is InChI=1S/C17H23FN2O2S/c1-12(13-6-8-14(18)9-7-13)20-16(21)10-19-17(22)11-23-15-4-2-3-5-15/h6-9,12,15H,2-5,10-11H2,1H3,(H,19,22)(H,20,21). The van der Waals surface area contributed by atoms with Gasteiger partial charge in [-0.2, -0.15) is 0 Å². The molecule has 1 aliphatic carbocycles. The summed E-state index contributed by atoms with van der Waals surface area (Å²) in [5.74, 6) is -0.252. The number of hydrogen-bond acceptors (Lipinski definition) is 3. The number of benzene rings is 1. The van der Waals surface area contributed by atoms with E-state index in [4.69, 9.17) is 0 Å². The Hall–Kier alpha value is -1.56. The van der Waals surface area contributed by atoms with Crippen molar-refractivity contribution in [2.75, 3.05) is 12.3 Å². The molecule has 1 saturated carbocycles. The molecule has 1 fully saturated rings. The van der Waals surface area contributed by atoms with E-state index in [1.54, 1.807) is 23.9 Å².